The van der Waals surface area contributed by atoms with Crippen molar-refractivity contribution in [1.29, 1.82) is 0 Å². The van der Waals surface area contributed by atoms with Crippen LogP contribution in [0.4, 0.5) is 17.1 Å². The molecular formula is C18H16N4O8. The van der Waals surface area contributed by atoms with Crippen molar-refractivity contribution < 1.29 is 28.9 Å². The summed E-state index contributed by atoms with van der Waals surface area (Å²) >= 11 is 0. The van der Waals surface area contributed by atoms with Gasteiger partial charge in [0, 0.05) is 12.5 Å². The lowest BCUT2D eigenvalue weighted by atomic mass is 10.1. The summed E-state index contributed by atoms with van der Waals surface area (Å²) in [5.74, 6) is -1.27. The molecule has 0 aromatic heterocycles. The molecule has 0 saturated heterocycles. The van der Waals surface area contributed by atoms with Crippen molar-refractivity contribution in [2.75, 3.05) is 19.0 Å². The fourth-order valence-corrected chi connectivity index (χ4v) is 2.89. The highest BCUT2D eigenvalue weighted by molar-refractivity contribution is 5.87. The van der Waals surface area contributed by atoms with Gasteiger partial charge in [0.1, 0.15) is 17.5 Å². The van der Waals surface area contributed by atoms with Gasteiger partial charge >= 0.3 is 11.7 Å². The Morgan fingerprint density at radius 3 is 2.40 bits per heavy atom. The molecule has 1 atom stereocenters. The van der Waals surface area contributed by atoms with Gasteiger partial charge in [-0.1, -0.05) is 12.1 Å². The number of rotatable bonds is 3. The van der Waals surface area contributed by atoms with E-state index in [9.17, 15) is 29.8 Å². The van der Waals surface area contributed by atoms with Crippen LogP contribution >= 0.6 is 0 Å². The minimum absolute atomic E-state index is 0.129. The molecule has 2 aliphatic heterocycles. The van der Waals surface area contributed by atoms with Crippen LogP contribution in [0.1, 0.15) is 5.56 Å². The Bertz CT molecular complexity index is 1020. The third-order valence-electron chi connectivity index (χ3n) is 4.32. The Morgan fingerprint density at radius 2 is 1.80 bits per heavy atom. The highest BCUT2D eigenvalue weighted by Gasteiger charge is 2.28. The summed E-state index contributed by atoms with van der Waals surface area (Å²) in [6, 6.07) is 7.17. The van der Waals surface area contributed by atoms with Crippen LogP contribution in [0.2, 0.25) is 0 Å². The molecule has 0 aliphatic carbocycles. The largest absolute Gasteiger partial charge is 0.467 e. The normalized spacial score (nSPS) is 15.8. The summed E-state index contributed by atoms with van der Waals surface area (Å²) in [5.41, 5.74) is -0.673. The van der Waals surface area contributed by atoms with E-state index >= 15 is 0 Å². The highest BCUT2D eigenvalue weighted by Crippen LogP contribution is 2.39. The van der Waals surface area contributed by atoms with Crippen molar-refractivity contribution in [3.05, 3.63) is 62.2 Å². The molecule has 0 spiro atoms. The molecule has 2 heterocycles. The number of nitrogens with one attached hydrogen (secondary N) is 2. The molecule has 2 aromatic carbocycles. The molecule has 2 aromatic rings. The number of anilines is 1. The smallest absolute Gasteiger partial charge is 0.328 e. The van der Waals surface area contributed by atoms with Crippen LogP contribution in [0.15, 0.2) is 36.4 Å². The lowest BCUT2D eigenvalue weighted by Crippen LogP contribution is -2.45. The summed E-state index contributed by atoms with van der Waals surface area (Å²) in [6.07, 6.45) is 0.129. The first-order valence-electron chi connectivity index (χ1n) is 8.63. The predicted octanol–water partition coefficient (Wildman–Crippen LogP) is 1.92. The second-order valence-corrected chi connectivity index (χ2v) is 6.30. The van der Waals surface area contributed by atoms with Crippen molar-refractivity contribution in [2.24, 2.45) is 0 Å². The van der Waals surface area contributed by atoms with Crippen molar-refractivity contribution >= 4 is 28.9 Å². The number of methoxy groups -OCH3 is 1. The van der Waals surface area contributed by atoms with Crippen LogP contribution in [0.3, 0.4) is 0 Å². The number of carbonyl (C=O) groups excluding carboxylic acids is 2. The molecular weight excluding hydrogens is 400 g/mol. The zero-order chi connectivity index (χ0) is 21.8. The molecule has 0 fully saturated rings. The minimum Gasteiger partial charge on any atom is -0.467 e. The Labute approximate surface area is 169 Å². The lowest BCUT2D eigenvalue weighted by molar-refractivity contribution is -0.394. The summed E-state index contributed by atoms with van der Waals surface area (Å²) in [5, 5.41) is 27.8. The number of esters is 1. The van der Waals surface area contributed by atoms with Crippen LogP contribution in [0, 0.1) is 20.2 Å². The SMILES string of the molecule is COC(=O)[C@@H]1Cc2ccc(cc2)Oc2cc(c([N+](=O)[O-])cc2[N+](=O)[O-])NCC(=O)N1. The number of hydrogen-bond donors (Lipinski definition) is 2. The van der Waals surface area contributed by atoms with Crippen molar-refractivity contribution in [2.45, 2.75) is 12.5 Å². The standard InChI is InChI=1S/C18H16N4O8/c1-29-18(24)13-6-10-2-4-11(5-3-10)30-16-7-12(19-9-17(23)20-13)14(21(25)26)8-15(16)22(27)28/h2-5,7-8,13,19H,6,9H2,1H3,(H,20,23)/t13-/m0/s1. The summed E-state index contributed by atoms with van der Waals surface area (Å²) < 4.78 is 10.3. The van der Waals surface area contributed by atoms with E-state index in [0.29, 0.717) is 5.56 Å². The lowest BCUT2D eigenvalue weighted by Gasteiger charge is -2.18. The monoisotopic (exact) mass is 416 g/mol. The Hall–Kier alpha value is -4.22. The number of hydrogen-bond acceptors (Lipinski definition) is 9. The van der Waals surface area contributed by atoms with E-state index in [1.54, 1.807) is 12.1 Å². The van der Waals surface area contributed by atoms with Crippen LogP contribution in [-0.4, -0.2) is 41.4 Å². The highest BCUT2D eigenvalue weighted by atomic mass is 16.6. The van der Waals surface area contributed by atoms with Gasteiger partial charge in [-0.3, -0.25) is 25.0 Å². The Kier molecular flexibility index (Phi) is 5.76. The summed E-state index contributed by atoms with van der Waals surface area (Å²) in [7, 11) is 1.19. The van der Waals surface area contributed by atoms with Crippen LogP contribution < -0.4 is 15.4 Å². The number of nitrogens with zero attached hydrogens (tertiary/aromatic N) is 2. The summed E-state index contributed by atoms with van der Waals surface area (Å²) in [4.78, 5) is 45.4. The Morgan fingerprint density at radius 1 is 1.13 bits per heavy atom. The topological polar surface area (TPSA) is 163 Å². The molecule has 0 saturated carbocycles. The molecule has 156 valence electrons. The maximum atomic E-state index is 12.3. The quantitative estimate of drug-likeness (QED) is 0.432. The van der Waals surface area contributed by atoms with Crippen LogP contribution in [-0.2, 0) is 20.7 Å². The third-order valence-corrected chi connectivity index (χ3v) is 4.32. The van der Waals surface area contributed by atoms with E-state index in [1.807, 2.05) is 0 Å². The molecule has 12 heteroatoms. The maximum Gasteiger partial charge on any atom is 0.328 e. The zero-order valence-electron chi connectivity index (χ0n) is 15.6. The molecule has 2 N–H and O–H groups in total. The van der Waals surface area contributed by atoms with Gasteiger partial charge in [0.2, 0.25) is 11.7 Å². The molecule has 0 unspecified atom stereocenters. The first-order valence-corrected chi connectivity index (χ1v) is 8.63. The van der Waals surface area contributed by atoms with Crippen molar-refractivity contribution in [1.82, 2.24) is 5.32 Å². The number of amides is 1. The fraction of sp³-hybridized carbons (Fsp3) is 0.222. The fourth-order valence-electron chi connectivity index (χ4n) is 2.89. The molecule has 4 bridgehead atoms. The molecule has 0 radical (unpaired) electrons. The number of nitro benzene ring substituents is 2. The van der Waals surface area contributed by atoms with Crippen LogP contribution in [0.25, 0.3) is 0 Å². The second kappa shape index (κ2) is 8.43. The minimum atomic E-state index is -0.971. The van der Waals surface area contributed by atoms with E-state index in [2.05, 4.69) is 10.6 Å². The number of ether oxygens (including phenoxy) is 2. The van der Waals surface area contributed by atoms with E-state index in [-0.39, 0.29) is 23.6 Å². The predicted molar refractivity (Wildman–Crippen MR) is 102 cm³/mol. The van der Waals surface area contributed by atoms with Crippen molar-refractivity contribution in [3.8, 4) is 11.5 Å². The first kappa shape index (κ1) is 20.5. The van der Waals surface area contributed by atoms with E-state index in [0.717, 1.165) is 12.1 Å². The van der Waals surface area contributed by atoms with Crippen molar-refractivity contribution in [3.63, 3.8) is 0 Å². The molecule has 12 nitrogen and oxygen atoms in total. The number of nitro groups is 2. The Balaban J connectivity index is 2.09. The zero-order valence-corrected chi connectivity index (χ0v) is 15.6. The van der Waals surface area contributed by atoms with E-state index < -0.39 is 45.7 Å². The third kappa shape index (κ3) is 4.43. The van der Waals surface area contributed by atoms with Crippen LogP contribution in [0.5, 0.6) is 11.5 Å². The maximum absolute atomic E-state index is 12.3. The van der Waals surface area contributed by atoms with E-state index in [4.69, 9.17) is 9.47 Å². The van der Waals surface area contributed by atoms with Gasteiger partial charge < -0.3 is 20.1 Å². The second-order valence-electron chi connectivity index (χ2n) is 6.30. The van der Waals surface area contributed by atoms with Gasteiger partial charge in [-0.25, -0.2) is 4.79 Å². The molecule has 2 aliphatic rings. The average molecular weight is 416 g/mol. The van der Waals surface area contributed by atoms with Gasteiger partial charge in [0.25, 0.3) is 5.69 Å². The van der Waals surface area contributed by atoms with E-state index in [1.165, 1.54) is 19.2 Å². The van der Waals surface area contributed by atoms with Gasteiger partial charge in [-0.2, -0.15) is 0 Å². The summed E-state index contributed by atoms with van der Waals surface area (Å²) in [6.45, 7) is -0.427. The number of fused-ring (bicyclic) bond motifs is 7. The molecule has 4 rings (SSSR count). The van der Waals surface area contributed by atoms with Gasteiger partial charge in [-0.15, -0.1) is 0 Å². The van der Waals surface area contributed by atoms with Gasteiger partial charge in [0.05, 0.1) is 29.6 Å². The average Bonchev–Trinajstić information content (AvgIpc) is 2.71. The van der Waals surface area contributed by atoms with Gasteiger partial charge in [-0.05, 0) is 17.7 Å². The number of benzene rings is 2. The van der Waals surface area contributed by atoms with Gasteiger partial charge in [0.15, 0.2) is 0 Å². The molecule has 1 amide bonds. The first-order chi connectivity index (χ1) is 14.3. The molecule has 30 heavy (non-hydrogen) atoms. The number of carbonyl (C=O) groups is 2.